The summed E-state index contributed by atoms with van der Waals surface area (Å²) in [6.45, 7) is 0.152. The predicted molar refractivity (Wildman–Crippen MR) is 58.4 cm³/mol. The molecule has 1 aromatic rings. The van der Waals surface area contributed by atoms with Crippen LogP contribution in [0, 0.1) is 15.9 Å². The van der Waals surface area contributed by atoms with Crippen LogP contribution >= 0.6 is 11.6 Å². The number of benzene rings is 1. The van der Waals surface area contributed by atoms with E-state index in [0.717, 1.165) is 12.1 Å². The Morgan fingerprint density at radius 2 is 2.25 bits per heavy atom. The summed E-state index contributed by atoms with van der Waals surface area (Å²) in [6.07, 6.45) is 3.27. The van der Waals surface area contributed by atoms with E-state index in [9.17, 15) is 14.5 Å². The molecule has 0 saturated heterocycles. The molecule has 0 aliphatic carbocycles. The minimum absolute atomic E-state index is 0.0330. The van der Waals surface area contributed by atoms with E-state index in [0.29, 0.717) is 5.88 Å². The van der Waals surface area contributed by atoms with Gasteiger partial charge in [-0.3, -0.25) is 10.1 Å². The molecule has 0 aliphatic rings. The van der Waals surface area contributed by atoms with Crippen molar-refractivity contribution in [3.05, 3.63) is 46.3 Å². The van der Waals surface area contributed by atoms with Crippen molar-refractivity contribution in [1.82, 2.24) is 0 Å². The third-order valence-electron chi connectivity index (χ3n) is 1.71. The van der Waals surface area contributed by atoms with E-state index in [1.54, 1.807) is 12.2 Å². The smallest absolute Gasteiger partial charge is 0.313 e. The van der Waals surface area contributed by atoms with Gasteiger partial charge in [-0.1, -0.05) is 12.2 Å². The van der Waals surface area contributed by atoms with Crippen LogP contribution in [0.25, 0.3) is 0 Å². The molecule has 0 spiro atoms. The Balaban J connectivity index is 2.78. The Bertz CT molecular complexity index is 409. The molecule has 86 valence electrons. The fourth-order valence-electron chi connectivity index (χ4n) is 1.02. The summed E-state index contributed by atoms with van der Waals surface area (Å²) < 4.78 is 17.9. The van der Waals surface area contributed by atoms with Gasteiger partial charge in [-0.15, -0.1) is 11.6 Å². The summed E-state index contributed by atoms with van der Waals surface area (Å²) in [5, 5.41) is 10.6. The Morgan fingerprint density at radius 3 is 2.88 bits per heavy atom. The van der Waals surface area contributed by atoms with Gasteiger partial charge in [0.05, 0.1) is 11.0 Å². The fraction of sp³-hybridized carbons (Fsp3) is 0.200. The zero-order valence-electron chi connectivity index (χ0n) is 8.23. The Kier molecular flexibility index (Phi) is 4.72. The first-order valence-corrected chi connectivity index (χ1v) is 4.96. The van der Waals surface area contributed by atoms with Gasteiger partial charge in [0.25, 0.3) is 0 Å². The summed E-state index contributed by atoms with van der Waals surface area (Å²) in [5.41, 5.74) is -0.390. The topological polar surface area (TPSA) is 52.4 Å². The van der Waals surface area contributed by atoms with E-state index in [4.69, 9.17) is 16.3 Å². The number of hydrogen-bond donors (Lipinski definition) is 0. The first-order chi connectivity index (χ1) is 7.65. The lowest BCUT2D eigenvalue weighted by Gasteiger charge is -2.03. The number of alkyl halides is 1. The maximum atomic E-state index is 12.8. The molecular formula is C10H9ClFNO3. The average Bonchev–Trinajstić information content (AvgIpc) is 2.26. The quantitative estimate of drug-likeness (QED) is 0.347. The number of nitro groups is 1. The zero-order chi connectivity index (χ0) is 12.0. The lowest BCUT2D eigenvalue weighted by molar-refractivity contribution is -0.386. The van der Waals surface area contributed by atoms with E-state index in [-0.39, 0.29) is 18.0 Å². The third kappa shape index (κ3) is 3.51. The molecule has 1 rings (SSSR count). The molecule has 0 aliphatic heterocycles. The fourth-order valence-corrected chi connectivity index (χ4v) is 1.15. The van der Waals surface area contributed by atoms with Gasteiger partial charge in [0.15, 0.2) is 5.75 Å². The van der Waals surface area contributed by atoms with Crippen LogP contribution in [0.1, 0.15) is 0 Å². The number of nitro benzene ring substituents is 1. The highest BCUT2D eigenvalue weighted by atomic mass is 35.5. The van der Waals surface area contributed by atoms with Crippen molar-refractivity contribution in [2.45, 2.75) is 0 Å². The van der Waals surface area contributed by atoms with E-state index in [1.807, 2.05) is 0 Å². The maximum absolute atomic E-state index is 12.8. The first-order valence-electron chi connectivity index (χ1n) is 4.43. The van der Waals surface area contributed by atoms with Crippen molar-refractivity contribution >= 4 is 17.3 Å². The molecule has 0 N–H and O–H groups in total. The number of nitrogens with zero attached hydrogens (tertiary/aromatic N) is 1. The van der Waals surface area contributed by atoms with Crippen LogP contribution in [0.2, 0.25) is 0 Å². The van der Waals surface area contributed by atoms with Gasteiger partial charge < -0.3 is 4.74 Å². The molecule has 0 amide bonds. The van der Waals surface area contributed by atoms with Gasteiger partial charge in [0.2, 0.25) is 0 Å². The number of hydrogen-bond acceptors (Lipinski definition) is 3. The maximum Gasteiger partial charge on any atom is 0.313 e. The molecule has 6 heteroatoms. The predicted octanol–water partition coefficient (Wildman–Crippen LogP) is 2.91. The second-order valence-corrected chi connectivity index (χ2v) is 3.11. The van der Waals surface area contributed by atoms with E-state index < -0.39 is 10.7 Å². The van der Waals surface area contributed by atoms with Crippen molar-refractivity contribution in [2.75, 3.05) is 12.5 Å². The minimum atomic E-state index is -0.691. The van der Waals surface area contributed by atoms with Crippen LogP contribution in [-0.2, 0) is 0 Å². The van der Waals surface area contributed by atoms with E-state index in [1.165, 1.54) is 6.07 Å². The molecule has 0 unspecified atom stereocenters. The molecule has 0 saturated carbocycles. The second kappa shape index (κ2) is 6.07. The molecule has 1 aromatic carbocycles. The van der Waals surface area contributed by atoms with Crippen molar-refractivity contribution in [3.63, 3.8) is 0 Å². The van der Waals surface area contributed by atoms with Crippen molar-refractivity contribution in [3.8, 4) is 5.75 Å². The highest BCUT2D eigenvalue weighted by Gasteiger charge is 2.15. The normalized spacial score (nSPS) is 10.6. The monoisotopic (exact) mass is 245 g/mol. The standard InChI is InChI=1S/C10H9ClFNO3/c11-5-1-2-6-16-10-4-3-8(12)7-9(10)13(14)15/h1-4,7H,5-6H2. The van der Waals surface area contributed by atoms with Gasteiger partial charge in [0.1, 0.15) is 12.4 Å². The highest BCUT2D eigenvalue weighted by molar-refractivity contribution is 6.18. The van der Waals surface area contributed by atoms with Gasteiger partial charge in [-0.05, 0) is 12.1 Å². The van der Waals surface area contributed by atoms with E-state index in [2.05, 4.69) is 0 Å². The SMILES string of the molecule is O=[N+]([O-])c1cc(F)ccc1OCC=CCCl. The van der Waals surface area contributed by atoms with Crippen LogP contribution in [0.15, 0.2) is 30.4 Å². The number of ether oxygens (including phenoxy) is 1. The zero-order valence-corrected chi connectivity index (χ0v) is 8.98. The lowest BCUT2D eigenvalue weighted by atomic mass is 10.3. The average molecular weight is 246 g/mol. The Labute approximate surface area is 96.4 Å². The summed E-state index contributed by atoms with van der Waals surface area (Å²) >= 11 is 5.39. The second-order valence-electron chi connectivity index (χ2n) is 2.81. The van der Waals surface area contributed by atoms with Crippen LogP contribution in [0.5, 0.6) is 5.75 Å². The lowest BCUT2D eigenvalue weighted by Crippen LogP contribution is -1.98. The van der Waals surface area contributed by atoms with Crippen LogP contribution in [-0.4, -0.2) is 17.4 Å². The largest absolute Gasteiger partial charge is 0.483 e. The van der Waals surface area contributed by atoms with Gasteiger partial charge in [-0.25, -0.2) is 4.39 Å². The number of allylic oxidation sites excluding steroid dienone is 1. The van der Waals surface area contributed by atoms with Gasteiger partial charge in [-0.2, -0.15) is 0 Å². The van der Waals surface area contributed by atoms with Crippen molar-refractivity contribution < 1.29 is 14.1 Å². The van der Waals surface area contributed by atoms with Crippen LogP contribution in [0.3, 0.4) is 0 Å². The Morgan fingerprint density at radius 1 is 1.50 bits per heavy atom. The first kappa shape index (κ1) is 12.4. The van der Waals surface area contributed by atoms with Gasteiger partial charge in [0, 0.05) is 5.88 Å². The third-order valence-corrected chi connectivity index (χ3v) is 1.89. The summed E-state index contributed by atoms with van der Waals surface area (Å²) in [4.78, 5) is 9.89. The summed E-state index contributed by atoms with van der Waals surface area (Å²) in [6, 6.07) is 3.15. The molecular weight excluding hydrogens is 237 g/mol. The molecule has 16 heavy (non-hydrogen) atoms. The molecule has 0 fully saturated rings. The number of rotatable bonds is 5. The highest BCUT2D eigenvalue weighted by Crippen LogP contribution is 2.27. The summed E-state index contributed by atoms with van der Waals surface area (Å²) in [7, 11) is 0. The molecule has 4 nitrogen and oxygen atoms in total. The van der Waals surface area contributed by atoms with Crippen molar-refractivity contribution in [2.24, 2.45) is 0 Å². The molecule has 0 atom stereocenters. The van der Waals surface area contributed by atoms with Crippen molar-refractivity contribution in [1.29, 1.82) is 0 Å². The number of halogens is 2. The molecule has 0 heterocycles. The van der Waals surface area contributed by atoms with Crippen LogP contribution < -0.4 is 4.74 Å². The Hall–Kier alpha value is -1.62. The van der Waals surface area contributed by atoms with E-state index >= 15 is 0 Å². The van der Waals surface area contributed by atoms with Gasteiger partial charge >= 0.3 is 5.69 Å². The van der Waals surface area contributed by atoms with Crippen LogP contribution in [0.4, 0.5) is 10.1 Å². The molecule has 0 aromatic heterocycles. The minimum Gasteiger partial charge on any atom is -0.483 e. The summed E-state index contributed by atoms with van der Waals surface area (Å²) in [5.74, 6) is -0.296. The molecule has 0 bridgehead atoms. The molecule has 0 radical (unpaired) electrons.